The standard InChI is InChI=1S/C15H15Cl2N3O3S/c1-14(7-15(14,16)17)12-19-20-13(24-12)18-11(21)10-8(22-2)5-4-6-9(10)23-3/h4-6H,7H2,1-3H3,(H,18,20,21). The third-order valence-corrected chi connectivity index (χ3v) is 6.23. The minimum Gasteiger partial charge on any atom is -0.496 e. The van der Waals surface area contributed by atoms with E-state index in [1.807, 2.05) is 6.92 Å². The predicted molar refractivity (Wildman–Crippen MR) is 93.8 cm³/mol. The summed E-state index contributed by atoms with van der Waals surface area (Å²) in [6.45, 7) is 1.92. The van der Waals surface area contributed by atoms with Crippen molar-refractivity contribution in [1.82, 2.24) is 10.2 Å². The maximum atomic E-state index is 12.6. The van der Waals surface area contributed by atoms with Crippen molar-refractivity contribution >= 4 is 45.6 Å². The van der Waals surface area contributed by atoms with E-state index in [4.69, 9.17) is 32.7 Å². The molecule has 1 aliphatic rings. The maximum absolute atomic E-state index is 12.6. The average Bonchev–Trinajstić information content (AvgIpc) is 2.90. The van der Waals surface area contributed by atoms with Crippen molar-refractivity contribution in [2.24, 2.45) is 0 Å². The number of ether oxygens (including phenoxy) is 2. The number of nitrogens with one attached hydrogen (secondary N) is 1. The number of rotatable bonds is 5. The first kappa shape index (κ1) is 17.3. The van der Waals surface area contributed by atoms with E-state index in [0.717, 1.165) is 0 Å². The fourth-order valence-corrected chi connectivity index (χ4v) is 4.15. The van der Waals surface area contributed by atoms with Crippen molar-refractivity contribution in [2.75, 3.05) is 19.5 Å². The Labute approximate surface area is 153 Å². The van der Waals surface area contributed by atoms with Crippen LogP contribution in [0.4, 0.5) is 5.13 Å². The lowest BCUT2D eigenvalue weighted by Crippen LogP contribution is -2.14. The van der Waals surface area contributed by atoms with Crippen LogP contribution in [0, 0.1) is 0 Å². The zero-order valence-electron chi connectivity index (χ0n) is 13.2. The van der Waals surface area contributed by atoms with Crippen LogP contribution >= 0.6 is 34.5 Å². The molecule has 9 heteroatoms. The number of nitrogens with zero attached hydrogens (tertiary/aromatic N) is 2. The van der Waals surface area contributed by atoms with Crippen molar-refractivity contribution in [1.29, 1.82) is 0 Å². The second-order valence-corrected chi connectivity index (χ2v) is 8.08. The van der Waals surface area contributed by atoms with Crippen LogP contribution in [0.5, 0.6) is 11.5 Å². The van der Waals surface area contributed by atoms with Gasteiger partial charge in [0.1, 0.15) is 26.4 Å². The fourth-order valence-electron chi connectivity index (χ4n) is 2.36. The largest absolute Gasteiger partial charge is 0.496 e. The molecule has 0 aliphatic heterocycles. The highest BCUT2D eigenvalue weighted by molar-refractivity contribution is 7.15. The lowest BCUT2D eigenvalue weighted by Gasteiger charge is -2.11. The second-order valence-electron chi connectivity index (χ2n) is 5.62. The summed E-state index contributed by atoms with van der Waals surface area (Å²) in [5.41, 5.74) is -0.139. The smallest absolute Gasteiger partial charge is 0.265 e. The summed E-state index contributed by atoms with van der Waals surface area (Å²) < 4.78 is 9.64. The molecule has 3 rings (SSSR count). The first-order valence-corrected chi connectivity index (χ1v) is 8.64. The maximum Gasteiger partial charge on any atom is 0.265 e. The van der Waals surface area contributed by atoms with Crippen LogP contribution in [0.15, 0.2) is 18.2 Å². The Hall–Kier alpha value is -1.57. The quantitative estimate of drug-likeness (QED) is 0.792. The van der Waals surface area contributed by atoms with Crippen LogP contribution < -0.4 is 14.8 Å². The monoisotopic (exact) mass is 387 g/mol. The number of anilines is 1. The highest BCUT2D eigenvalue weighted by Crippen LogP contribution is 2.65. The van der Waals surface area contributed by atoms with E-state index in [1.54, 1.807) is 18.2 Å². The highest BCUT2D eigenvalue weighted by atomic mass is 35.5. The van der Waals surface area contributed by atoms with Gasteiger partial charge in [0.25, 0.3) is 5.91 Å². The molecule has 1 amide bonds. The van der Waals surface area contributed by atoms with Crippen LogP contribution in [0.25, 0.3) is 0 Å². The van der Waals surface area contributed by atoms with Gasteiger partial charge in [-0.1, -0.05) is 24.3 Å². The molecule has 0 bridgehead atoms. The molecule has 1 aromatic heterocycles. The van der Waals surface area contributed by atoms with Crippen molar-refractivity contribution in [2.45, 2.75) is 23.1 Å². The molecule has 6 nitrogen and oxygen atoms in total. The van der Waals surface area contributed by atoms with Crippen molar-refractivity contribution in [3.63, 3.8) is 0 Å². The Balaban J connectivity index is 1.83. The molecule has 1 aromatic carbocycles. The molecule has 24 heavy (non-hydrogen) atoms. The van der Waals surface area contributed by atoms with Crippen molar-refractivity contribution in [3.8, 4) is 11.5 Å². The molecule has 2 aromatic rings. The van der Waals surface area contributed by atoms with E-state index in [1.165, 1.54) is 25.6 Å². The van der Waals surface area contributed by atoms with Gasteiger partial charge in [-0.2, -0.15) is 0 Å². The lowest BCUT2D eigenvalue weighted by molar-refractivity contribution is 0.102. The van der Waals surface area contributed by atoms with Gasteiger partial charge >= 0.3 is 0 Å². The van der Waals surface area contributed by atoms with E-state index >= 15 is 0 Å². The van der Waals surface area contributed by atoms with Gasteiger partial charge in [-0.25, -0.2) is 0 Å². The summed E-state index contributed by atoms with van der Waals surface area (Å²) >= 11 is 13.6. The number of methoxy groups -OCH3 is 2. The Morgan fingerprint density at radius 2 is 1.83 bits per heavy atom. The molecule has 1 saturated carbocycles. The Morgan fingerprint density at radius 1 is 1.25 bits per heavy atom. The number of carbonyl (C=O) groups is 1. The summed E-state index contributed by atoms with van der Waals surface area (Å²) in [7, 11) is 2.98. The Kier molecular flexibility index (Phi) is 4.36. The number of alkyl halides is 2. The molecule has 1 N–H and O–H groups in total. The van der Waals surface area contributed by atoms with Gasteiger partial charge in [0.2, 0.25) is 5.13 Å². The molecule has 0 radical (unpaired) electrons. The molecule has 128 valence electrons. The summed E-state index contributed by atoms with van der Waals surface area (Å²) in [6, 6.07) is 5.11. The van der Waals surface area contributed by atoms with Gasteiger partial charge in [0.15, 0.2) is 0 Å². The third kappa shape index (κ3) is 2.81. The molecule has 1 aliphatic carbocycles. The Morgan fingerprint density at radius 3 is 2.33 bits per heavy atom. The first-order valence-electron chi connectivity index (χ1n) is 7.06. The molecule has 0 spiro atoms. The van der Waals surface area contributed by atoms with E-state index in [0.29, 0.717) is 33.6 Å². The van der Waals surface area contributed by atoms with Gasteiger partial charge in [0.05, 0.1) is 19.6 Å². The van der Waals surface area contributed by atoms with Gasteiger partial charge in [0, 0.05) is 0 Å². The van der Waals surface area contributed by atoms with Gasteiger partial charge in [-0.3, -0.25) is 10.1 Å². The molecule has 0 saturated heterocycles. The van der Waals surface area contributed by atoms with Crippen LogP contribution in [0.2, 0.25) is 0 Å². The van der Waals surface area contributed by atoms with Gasteiger partial charge in [-0.05, 0) is 18.6 Å². The summed E-state index contributed by atoms with van der Waals surface area (Å²) in [4.78, 5) is 12.6. The number of amides is 1. The molecule has 1 unspecified atom stereocenters. The first-order chi connectivity index (χ1) is 11.3. The summed E-state index contributed by atoms with van der Waals surface area (Å²) in [5.74, 6) is 0.425. The van der Waals surface area contributed by atoms with Crippen LogP contribution in [0.1, 0.15) is 28.7 Å². The highest BCUT2D eigenvalue weighted by Gasteiger charge is 2.66. The number of hydrogen-bond acceptors (Lipinski definition) is 6. The van der Waals surface area contributed by atoms with Crippen LogP contribution in [-0.2, 0) is 5.41 Å². The number of carbonyl (C=O) groups excluding carboxylic acids is 1. The van der Waals surface area contributed by atoms with E-state index in [9.17, 15) is 4.79 Å². The van der Waals surface area contributed by atoms with Crippen molar-refractivity contribution < 1.29 is 14.3 Å². The number of benzene rings is 1. The SMILES string of the molecule is COc1cccc(OC)c1C(=O)Nc1nnc(C2(C)CC2(Cl)Cl)s1. The number of aromatic nitrogens is 2. The normalized spacial score (nSPS) is 21.2. The second kappa shape index (κ2) is 6.06. The molecule has 1 atom stereocenters. The van der Waals surface area contributed by atoms with Gasteiger partial charge < -0.3 is 9.47 Å². The molecular formula is C15H15Cl2N3O3S. The minimum absolute atomic E-state index is 0.293. The summed E-state index contributed by atoms with van der Waals surface area (Å²) in [5, 5.41) is 11.9. The lowest BCUT2D eigenvalue weighted by atomic mass is 10.1. The summed E-state index contributed by atoms with van der Waals surface area (Å²) in [6.07, 6.45) is 0.603. The fraction of sp³-hybridized carbons (Fsp3) is 0.400. The number of halogens is 2. The molecular weight excluding hydrogens is 373 g/mol. The van der Waals surface area contributed by atoms with Crippen LogP contribution in [-0.4, -0.2) is 34.7 Å². The minimum atomic E-state index is -0.834. The van der Waals surface area contributed by atoms with E-state index in [-0.39, 0.29) is 0 Å². The molecule has 1 fully saturated rings. The average molecular weight is 388 g/mol. The zero-order valence-corrected chi connectivity index (χ0v) is 15.6. The van der Waals surface area contributed by atoms with Crippen molar-refractivity contribution in [3.05, 3.63) is 28.8 Å². The van der Waals surface area contributed by atoms with Crippen LogP contribution in [0.3, 0.4) is 0 Å². The number of hydrogen-bond donors (Lipinski definition) is 1. The third-order valence-electron chi connectivity index (χ3n) is 4.03. The Bertz CT molecular complexity index is 774. The zero-order chi connectivity index (χ0) is 17.5. The van der Waals surface area contributed by atoms with E-state index < -0.39 is 15.7 Å². The van der Waals surface area contributed by atoms with E-state index in [2.05, 4.69) is 15.5 Å². The predicted octanol–water partition coefficient (Wildman–Crippen LogP) is 3.64. The molecule has 1 heterocycles. The van der Waals surface area contributed by atoms with Gasteiger partial charge in [-0.15, -0.1) is 33.4 Å². The topological polar surface area (TPSA) is 73.3 Å².